The summed E-state index contributed by atoms with van der Waals surface area (Å²) in [6.07, 6.45) is 10.8. The van der Waals surface area contributed by atoms with E-state index < -0.39 is 0 Å². The fourth-order valence-electron chi connectivity index (χ4n) is 3.14. The fraction of sp³-hybridized carbons (Fsp3) is 0.353. The Hall–Kier alpha value is -2.47. The van der Waals surface area contributed by atoms with E-state index >= 15 is 0 Å². The summed E-state index contributed by atoms with van der Waals surface area (Å²) in [5.74, 6) is 1.47. The molecule has 1 aliphatic carbocycles. The third-order valence-corrected chi connectivity index (χ3v) is 4.41. The van der Waals surface area contributed by atoms with Gasteiger partial charge in [0.2, 0.25) is 5.95 Å². The predicted octanol–water partition coefficient (Wildman–Crippen LogP) is 2.53. The largest absolute Gasteiger partial charge is 0.393 e. The average Bonchev–Trinajstić information content (AvgIpc) is 3.01. The minimum Gasteiger partial charge on any atom is -0.393 e. The van der Waals surface area contributed by atoms with Gasteiger partial charge in [-0.1, -0.05) is 0 Å². The molecule has 0 radical (unpaired) electrons. The van der Waals surface area contributed by atoms with Crippen molar-refractivity contribution in [1.29, 1.82) is 0 Å². The zero-order valence-corrected chi connectivity index (χ0v) is 12.8. The molecular formula is C17H19N5O. The maximum absolute atomic E-state index is 9.60. The van der Waals surface area contributed by atoms with Crippen molar-refractivity contribution in [2.24, 2.45) is 0 Å². The van der Waals surface area contributed by atoms with Crippen LogP contribution in [0.25, 0.3) is 16.7 Å². The summed E-state index contributed by atoms with van der Waals surface area (Å²) in [6.45, 7) is 0. The van der Waals surface area contributed by atoms with Crippen LogP contribution < -0.4 is 5.32 Å². The van der Waals surface area contributed by atoms with Crippen LogP contribution in [0.4, 0.5) is 5.95 Å². The molecule has 118 valence electrons. The van der Waals surface area contributed by atoms with E-state index in [4.69, 9.17) is 0 Å². The van der Waals surface area contributed by atoms with E-state index in [0.717, 1.165) is 42.4 Å². The van der Waals surface area contributed by atoms with Gasteiger partial charge in [-0.3, -0.25) is 4.98 Å². The maximum atomic E-state index is 9.60. The first kappa shape index (κ1) is 14.1. The summed E-state index contributed by atoms with van der Waals surface area (Å²) in [6, 6.07) is 6.24. The van der Waals surface area contributed by atoms with Crippen molar-refractivity contribution in [3.63, 3.8) is 0 Å². The number of aromatic nitrogens is 4. The molecule has 0 saturated heterocycles. The second-order valence-corrected chi connectivity index (χ2v) is 6.01. The van der Waals surface area contributed by atoms with Crippen LogP contribution in [0.15, 0.2) is 43.0 Å². The molecule has 0 spiro atoms. The highest BCUT2D eigenvalue weighted by Crippen LogP contribution is 2.22. The molecule has 0 aliphatic heterocycles. The van der Waals surface area contributed by atoms with Gasteiger partial charge in [0, 0.05) is 36.2 Å². The average molecular weight is 309 g/mol. The minimum atomic E-state index is -0.153. The van der Waals surface area contributed by atoms with Crippen LogP contribution in [0, 0.1) is 0 Å². The standard InChI is InChI=1S/C17H19N5O/c23-14-3-1-13(2-4-14)20-17-19-9-6-16(21-17)22-10-7-12-11-18-8-5-15(12)22/h5-11,13-14,23H,1-4H2,(H,19,20,21)/t13-,14-. The zero-order chi connectivity index (χ0) is 15.6. The smallest absolute Gasteiger partial charge is 0.224 e. The van der Waals surface area contributed by atoms with Gasteiger partial charge in [-0.15, -0.1) is 0 Å². The van der Waals surface area contributed by atoms with Crippen molar-refractivity contribution in [3.8, 4) is 5.82 Å². The Balaban J connectivity index is 1.59. The first-order chi connectivity index (χ1) is 11.3. The van der Waals surface area contributed by atoms with Crippen molar-refractivity contribution < 1.29 is 5.11 Å². The predicted molar refractivity (Wildman–Crippen MR) is 88.5 cm³/mol. The van der Waals surface area contributed by atoms with Gasteiger partial charge in [0.15, 0.2) is 0 Å². The molecule has 0 unspecified atom stereocenters. The number of nitrogens with one attached hydrogen (secondary N) is 1. The van der Waals surface area contributed by atoms with Crippen LogP contribution in [0.5, 0.6) is 0 Å². The van der Waals surface area contributed by atoms with Crippen molar-refractivity contribution >= 4 is 16.9 Å². The monoisotopic (exact) mass is 309 g/mol. The molecule has 0 atom stereocenters. The number of nitrogens with zero attached hydrogens (tertiary/aromatic N) is 4. The second kappa shape index (κ2) is 5.96. The Morgan fingerprint density at radius 2 is 1.96 bits per heavy atom. The first-order valence-corrected chi connectivity index (χ1v) is 7.99. The lowest BCUT2D eigenvalue weighted by molar-refractivity contribution is 0.126. The molecule has 1 saturated carbocycles. The van der Waals surface area contributed by atoms with Gasteiger partial charge < -0.3 is 15.0 Å². The third-order valence-electron chi connectivity index (χ3n) is 4.41. The third kappa shape index (κ3) is 2.90. The quantitative estimate of drug-likeness (QED) is 0.777. The highest BCUT2D eigenvalue weighted by Gasteiger charge is 2.19. The number of hydrogen-bond acceptors (Lipinski definition) is 5. The van der Waals surface area contributed by atoms with Crippen LogP contribution in [0.3, 0.4) is 0 Å². The molecular weight excluding hydrogens is 290 g/mol. The van der Waals surface area contributed by atoms with Gasteiger partial charge in [0.05, 0.1) is 11.6 Å². The van der Waals surface area contributed by atoms with Gasteiger partial charge >= 0.3 is 0 Å². The molecule has 2 N–H and O–H groups in total. The van der Waals surface area contributed by atoms with Gasteiger partial charge in [-0.25, -0.2) is 4.98 Å². The van der Waals surface area contributed by atoms with Crippen LogP contribution in [0.2, 0.25) is 0 Å². The lowest BCUT2D eigenvalue weighted by Crippen LogP contribution is -2.29. The number of hydrogen-bond donors (Lipinski definition) is 2. The number of anilines is 1. The normalized spacial score (nSPS) is 21.4. The van der Waals surface area contributed by atoms with E-state index in [1.54, 1.807) is 12.4 Å². The van der Waals surface area contributed by atoms with E-state index in [1.807, 2.05) is 35.2 Å². The number of pyridine rings is 1. The summed E-state index contributed by atoms with van der Waals surface area (Å²) < 4.78 is 2.04. The van der Waals surface area contributed by atoms with Gasteiger partial charge in [0.25, 0.3) is 0 Å². The SMILES string of the molecule is O[C@H]1CC[C@H](Nc2nccc(-n3ccc4cnccc43)n2)CC1. The fourth-order valence-corrected chi connectivity index (χ4v) is 3.14. The van der Waals surface area contributed by atoms with Crippen molar-refractivity contribution in [3.05, 3.63) is 43.0 Å². The Morgan fingerprint density at radius 1 is 1.09 bits per heavy atom. The van der Waals surface area contributed by atoms with Gasteiger partial charge in [0.1, 0.15) is 5.82 Å². The number of fused-ring (bicyclic) bond motifs is 1. The molecule has 4 rings (SSSR count). The Labute approximate surface area is 134 Å². The zero-order valence-electron chi connectivity index (χ0n) is 12.8. The van der Waals surface area contributed by atoms with Crippen LogP contribution in [-0.2, 0) is 0 Å². The van der Waals surface area contributed by atoms with E-state index in [2.05, 4.69) is 20.3 Å². The van der Waals surface area contributed by atoms with Crippen LogP contribution in [0.1, 0.15) is 25.7 Å². The Morgan fingerprint density at radius 3 is 2.83 bits per heavy atom. The number of aliphatic hydroxyl groups excluding tert-OH is 1. The maximum Gasteiger partial charge on any atom is 0.224 e. The molecule has 6 heteroatoms. The lowest BCUT2D eigenvalue weighted by Gasteiger charge is -2.26. The molecule has 3 aromatic heterocycles. The number of aliphatic hydroxyl groups is 1. The van der Waals surface area contributed by atoms with Gasteiger partial charge in [-0.2, -0.15) is 4.98 Å². The molecule has 0 aromatic carbocycles. The van der Waals surface area contributed by atoms with Crippen LogP contribution >= 0.6 is 0 Å². The Kier molecular flexibility index (Phi) is 3.67. The van der Waals surface area contributed by atoms with E-state index in [1.165, 1.54) is 0 Å². The summed E-state index contributed by atoms with van der Waals surface area (Å²) in [5.41, 5.74) is 1.07. The molecule has 0 bridgehead atoms. The Bertz CT molecular complexity index is 807. The molecule has 6 nitrogen and oxygen atoms in total. The topological polar surface area (TPSA) is 75.9 Å². The molecule has 3 aromatic rings. The van der Waals surface area contributed by atoms with Gasteiger partial charge in [-0.05, 0) is 43.9 Å². The summed E-state index contributed by atoms with van der Waals surface area (Å²) in [7, 11) is 0. The molecule has 0 amide bonds. The summed E-state index contributed by atoms with van der Waals surface area (Å²) in [4.78, 5) is 13.1. The minimum absolute atomic E-state index is 0.153. The molecule has 1 aliphatic rings. The first-order valence-electron chi connectivity index (χ1n) is 7.99. The summed E-state index contributed by atoms with van der Waals surface area (Å²) >= 11 is 0. The molecule has 3 heterocycles. The van der Waals surface area contributed by atoms with Crippen LogP contribution in [-0.4, -0.2) is 36.8 Å². The van der Waals surface area contributed by atoms with Crippen molar-refractivity contribution in [2.75, 3.05) is 5.32 Å². The lowest BCUT2D eigenvalue weighted by atomic mass is 9.93. The van der Waals surface area contributed by atoms with E-state index in [9.17, 15) is 5.11 Å². The van der Waals surface area contributed by atoms with Crippen molar-refractivity contribution in [2.45, 2.75) is 37.8 Å². The molecule has 23 heavy (non-hydrogen) atoms. The second-order valence-electron chi connectivity index (χ2n) is 6.01. The highest BCUT2D eigenvalue weighted by atomic mass is 16.3. The molecule has 1 fully saturated rings. The van der Waals surface area contributed by atoms with E-state index in [0.29, 0.717) is 12.0 Å². The highest BCUT2D eigenvalue weighted by molar-refractivity contribution is 5.80. The number of rotatable bonds is 3. The van der Waals surface area contributed by atoms with Crippen molar-refractivity contribution in [1.82, 2.24) is 19.5 Å². The summed E-state index contributed by atoms with van der Waals surface area (Å²) in [5, 5.41) is 14.1. The van der Waals surface area contributed by atoms with E-state index in [-0.39, 0.29) is 6.10 Å².